The van der Waals surface area contributed by atoms with Crippen LogP contribution in [0.5, 0.6) is 0 Å². The highest BCUT2D eigenvalue weighted by molar-refractivity contribution is 4.82. The largest absolute Gasteiger partial charge is 0.377 e. The Morgan fingerprint density at radius 3 is 2.64 bits per heavy atom. The van der Waals surface area contributed by atoms with E-state index in [1.807, 2.05) is 6.08 Å². The molecular formula is C13H24O. The Labute approximate surface area is 88.9 Å². The van der Waals surface area contributed by atoms with Gasteiger partial charge in [0.05, 0.1) is 6.61 Å². The molecule has 0 aliphatic rings. The molecule has 0 amide bonds. The van der Waals surface area contributed by atoms with E-state index in [9.17, 15) is 0 Å². The second-order valence-corrected chi connectivity index (χ2v) is 3.47. The average Bonchev–Trinajstić information content (AvgIpc) is 2.21. The molecule has 0 unspecified atom stereocenters. The van der Waals surface area contributed by atoms with Crippen LogP contribution in [0, 0.1) is 0 Å². The summed E-state index contributed by atoms with van der Waals surface area (Å²) in [5, 5.41) is 0. The average molecular weight is 196 g/mol. The van der Waals surface area contributed by atoms with Crippen molar-refractivity contribution < 1.29 is 4.74 Å². The van der Waals surface area contributed by atoms with Gasteiger partial charge in [-0.15, -0.1) is 6.58 Å². The summed E-state index contributed by atoms with van der Waals surface area (Å²) in [7, 11) is 0. The monoisotopic (exact) mass is 196 g/mol. The van der Waals surface area contributed by atoms with Crippen molar-refractivity contribution in [1.82, 2.24) is 0 Å². The Morgan fingerprint density at radius 2 is 1.93 bits per heavy atom. The summed E-state index contributed by atoms with van der Waals surface area (Å²) in [6.45, 7) is 7.58. The Bertz CT molecular complexity index is 138. The number of allylic oxidation sites excluding steroid dienone is 2. The van der Waals surface area contributed by atoms with E-state index in [0.717, 1.165) is 26.1 Å². The van der Waals surface area contributed by atoms with Crippen LogP contribution in [0.15, 0.2) is 24.8 Å². The minimum atomic E-state index is 0.776. The Kier molecular flexibility index (Phi) is 11.9. The number of rotatable bonds is 10. The summed E-state index contributed by atoms with van der Waals surface area (Å²) in [4.78, 5) is 0. The van der Waals surface area contributed by atoms with Crippen molar-refractivity contribution >= 4 is 0 Å². The van der Waals surface area contributed by atoms with Gasteiger partial charge in [-0.25, -0.2) is 0 Å². The first-order valence-electron chi connectivity index (χ1n) is 5.75. The summed E-state index contributed by atoms with van der Waals surface area (Å²) in [5.74, 6) is 0. The summed E-state index contributed by atoms with van der Waals surface area (Å²) in [6, 6.07) is 0. The van der Waals surface area contributed by atoms with Crippen molar-refractivity contribution in [2.24, 2.45) is 0 Å². The number of hydrogen-bond donors (Lipinski definition) is 0. The first kappa shape index (κ1) is 13.4. The van der Waals surface area contributed by atoms with E-state index in [4.69, 9.17) is 4.74 Å². The van der Waals surface area contributed by atoms with Crippen molar-refractivity contribution in [2.75, 3.05) is 13.2 Å². The van der Waals surface area contributed by atoms with Crippen LogP contribution in [-0.4, -0.2) is 13.2 Å². The second-order valence-electron chi connectivity index (χ2n) is 3.47. The molecule has 0 aromatic rings. The standard InChI is InChI=1S/C13H24O/c1-3-5-7-8-9-11-13-14-12-10-6-4-2/h3,9,11H,1,4-8,10,12-13H2,2H3. The van der Waals surface area contributed by atoms with E-state index in [-0.39, 0.29) is 0 Å². The molecule has 0 saturated carbocycles. The van der Waals surface area contributed by atoms with Gasteiger partial charge in [0.25, 0.3) is 0 Å². The summed E-state index contributed by atoms with van der Waals surface area (Å²) in [5.41, 5.74) is 0. The van der Waals surface area contributed by atoms with Crippen molar-refractivity contribution in [3.8, 4) is 0 Å². The van der Waals surface area contributed by atoms with Gasteiger partial charge in [-0.2, -0.15) is 0 Å². The predicted octanol–water partition coefficient (Wildman–Crippen LogP) is 4.11. The molecule has 0 aromatic heterocycles. The van der Waals surface area contributed by atoms with Crippen molar-refractivity contribution in [2.45, 2.75) is 45.4 Å². The molecule has 0 bridgehead atoms. The van der Waals surface area contributed by atoms with Gasteiger partial charge >= 0.3 is 0 Å². The van der Waals surface area contributed by atoms with E-state index in [0.29, 0.717) is 0 Å². The lowest BCUT2D eigenvalue weighted by Crippen LogP contribution is -1.93. The minimum absolute atomic E-state index is 0.776. The molecule has 0 atom stereocenters. The Balaban J connectivity index is 2.99. The molecule has 0 N–H and O–H groups in total. The van der Waals surface area contributed by atoms with E-state index in [1.54, 1.807) is 0 Å². The third-order valence-electron chi connectivity index (χ3n) is 2.05. The molecule has 82 valence electrons. The topological polar surface area (TPSA) is 9.23 Å². The lowest BCUT2D eigenvalue weighted by molar-refractivity contribution is 0.157. The van der Waals surface area contributed by atoms with Crippen LogP contribution in [0.3, 0.4) is 0 Å². The smallest absolute Gasteiger partial charge is 0.0647 e. The van der Waals surface area contributed by atoms with Crippen LogP contribution < -0.4 is 0 Å². The van der Waals surface area contributed by atoms with Gasteiger partial charge in [-0.05, 0) is 25.7 Å². The molecule has 0 aliphatic heterocycles. The Morgan fingerprint density at radius 1 is 1.07 bits per heavy atom. The van der Waals surface area contributed by atoms with Crippen molar-refractivity contribution in [3.63, 3.8) is 0 Å². The van der Waals surface area contributed by atoms with Gasteiger partial charge < -0.3 is 4.74 Å². The van der Waals surface area contributed by atoms with E-state index in [2.05, 4.69) is 25.7 Å². The highest BCUT2D eigenvalue weighted by Gasteiger charge is 1.85. The molecule has 0 aliphatic carbocycles. The van der Waals surface area contributed by atoms with Gasteiger partial charge in [-0.3, -0.25) is 0 Å². The molecule has 1 heteroatoms. The lowest BCUT2D eigenvalue weighted by atomic mass is 10.2. The maximum atomic E-state index is 5.44. The van der Waals surface area contributed by atoms with Crippen LogP contribution >= 0.6 is 0 Å². The normalized spacial score (nSPS) is 10.9. The predicted molar refractivity (Wildman–Crippen MR) is 63.5 cm³/mol. The maximum Gasteiger partial charge on any atom is 0.0647 e. The molecule has 0 spiro atoms. The van der Waals surface area contributed by atoms with Crippen molar-refractivity contribution in [3.05, 3.63) is 24.8 Å². The highest BCUT2D eigenvalue weighted by atomic mass is 16.5. The zero-order chi connectivity index (χ0) is 10.5. The van der Waals surface area contributed by atoms with Gasteiger partial charge in [0.1, 0.15) is 0 Å². The summed E-state index contributed by atoms with van der Waals surface area (Å²) in [6.07, 6.45) is 13.5. The van der Waals surface area contributed by atoms with Crippen LogP contribution in [-0.2, 0) is 4.74 Å². The van der Waals surface area contributed by atoms with Gasteiger partial charge in [0.2, 0.25) is 0 Å². The third kappa shape index (κ3) is 11.4. The first-order valence-corrected chi connectivity index (χ1v) is 5.75. The van der Waals surface area contributed by atoms with Crippen molar-refractivity contribution in [1.29, 1.82) is 0 Å². The third-order valence-corrected chi connectivity index (χ3v) is 2.05. The molecule has 14 heavy (non-hydrogen) atoms. The molecule has 0 saturated heterocycles. The summed E-state index contributed by atoms with van der Waals surface area (Å²) < 4.78 is 5.44. The van der Waals surface area contributed by atoms with E-state index in [1.165, 1.54) is 25.7 Å². The molecule has 0 rings (SSSR count). The van der Waals surface area contributed by atoms with Gasteiger partial charge in [0, 0.05) is 6.61 Å². The summed E-state index contributed by atoms with van der Waals surface area (Å²) >= 11 is 0. The molecular weight excluding hydrogens is 172 g/mol. The zero-order valence-electron chi connectivity index (χ0n) is 9.50. The van der Waals surface area contributed by atoms with Gasteiger partial charge in [-0.1, -0.05) is 38.0 Å². The minimum Gasteiger partial charge on any atom is -0.377 e. The molecule has 1 nitrogen and oxygen atoms in total. The quantitative estimate of drug-likeness (QED) is 0.377. The number of hydrogen-bond acceptors (Lipinski definition) is 1. The molecule has 0 aromatic carbocycles. The molecule has 0 fully saturated rings. The van der Waals surface area contributed by atoms with Crippen LogP contribution in [0.1, 0.15) is 45.4 Å². The zero-order valence-corrected chi connectivity index (χ0v) is 9.50. The fourth-order valence-electron chi connectivity index (χ4n) is 1.17. The number of ether oxygens (including phenoxy) is 1. The molecule has 0 heterocycles. The SMILES string of the molecule is C=CCCCC=CCOCCCCC. The second kappa shape index (κ2) is 12.4. The van der Waals surface area contributed by atoms with E-state index >= 15 is 0 Å². The highest BCUT2D eigenvalue weighted by Crippen LogP contribution is 1.97. The fourth-order valence-corrected chi connectivity index (χ4v) is 1.17. The van der Waals surface area contributed by atoms with E-state index < -0.39 is 0 Å². The number of unbranched alkanes of at least 4 members (excludes halogenated alkanes) is 4. The van der Waals surface area contributed by atoms with Crippen LogP contribution in [0.2, 0.25) is 0 Å². The maximum absolute atomic E-state index is 5.44. The Hall–Kier alpha value is -0.560. The van der Waals surface area contributed by atoms with Gasteiger partial charge in [0.15, 0.2) is 0 Å². The molecule has 0 radical (unpaired) electrons. The fraction of sp³-hybridized carbons (Fsp3) is 0.692. The van der Waals surface area contributed by atoms with Crippen LogP contribution in [0.25, 0.3) is 0 Å². The van der Waals surface area contributed by atoms with Crippen LogP contribution in [0.4, 0.5) is 0 Å². The lowest BCUT2D eigenvalue weighted by Gasteiger charge is -1.98. The first-order chi connectivity index (χ1) is 6.91.